The van der Waals surface area contributed by atoms with E-state index in [2.05, 4.69) is 5.32 Å². The molecule has 0 heterocycles. The van der Waals surface area contributed by atoms with Gasteiger partial charge in [0, 0.05) is 17.3 Å². The molecule has 2 aromatic carbocycles. The van der Waals surface area contributed by atoms with E-state index < -0.39 is 11.8 Å². The van der Waals surface area contributed by atoms with Crippen LogP contribution in [0.4, 0.5) is 14.5 Å². The molecule has 0 bridgehead atoms. The fourth-order valence-electron chi connectivity index (χ4n) is 2.64. The van der Waals surface area contributed by atoms with Gasteiger partial charge >= 0.3 is 5.97 Å². The molecule has 0 fully saturated rings. The van der Waals surface area contributed by atoms with Crippen molar-refractivity contribution in [3.8, 4) is 11.1 Å². The highest BCUT2D eigenvalue weighted by Crippen LogP contribution is 2.31. The minimum Gasteiger partial charge on any atom is -0.476 e. The van der Waals surface area contributed by atoms with Gasteiger partial charge in [0.15, 0.2) is 0 Å². The maximum Gasteiger partial charge on any atom is 0.364 e. The van der Waals surface area contributed by atoms with Crippen LogP contribution in [0.2, 0.25) is 0 Å². The lowest BCUT2D eigenvalue weighted by Gasteiger charge is -2.14. The molecule has 0 atom stereocenters. The first-order valence-electron chi connectivity index (χ1n) is 7.97. The average Bonchev–Trinajstić information content (AvgIpc) is 2.50. The van der Waals surface area contributed by atoms with Crippen LogP contribution >= 0.6 is 0 Å². The molecule has 0 radical (unpaired) electrons. The number of aliphatic carboxylic acids is 1. The summed E-state index contributed by atoms with van der Waals surface area (Å²) >= 11 is 0. The molecule has 2 aromatic rings. The highest BCUT2D eigenvalue weighted by atomic mass is 19.1. The van der Waals surface area contributed by atoms with Crippen molar-refractivity contribution in [2.45, 2.75) is 33.7 Å². The number of aryl methyl sites for hydroxylation is 2. The largest absolute Gasteiger partial charge is 0.476 e. The summed E-state index contributed by atoms with van der Waals surface area (Å²) in [5.41, 5.74) is 3.70. The molecule has 2 N–H and O–H groups in total. The van der Waals surface area contributed by atoms with Gasteiger partial charge in [-0.2, -0.15) is 4.39 Å². The van der Waals surface area contributed by atoms with Crippen molar-refractivity contribution in [2.24, 2.45) is 0 Å². The summed E-state index contributed by atoms with van der Waals surface area (Å²) < 4.78 is 27.9. The predicted molar refractivity (Wildman–Crippen MR) is 96.8 cm³/mol. The van der Waals surface area contributed by atoms with Crippen molar-refractivity contribution in [2.75, 3.05) is 5.32 Å². The van der Waals surface area contributed by atoms with E-state index in [0.29, 0.717) is 27.9 Å². The summed E-state index contributed by atoms with van der Waals surface area (Å²) in [7, 11) is 0. The van der Waals surface area contributed by atoms with Gasteiger partial charge in [0.2, 0.25) is 5.83 Å². The zero-order valence-corrected chi connectivity index (χ0v) is 14.7. The van der Waals surface area contributed by atoms with Crippen molar-refractivity contribution in [3.05, 3.63) is 58.7 Å². The number of hydrogen-bond donors (Lipinski definition) is 2. The SMILES string of the molecule is Cc1cc(-c2ccc(NC(C)C)cc2F)c(C)cc1/C=C(/F)C(=O)O. The number of anilines is 1. The standard InChI is InChI=1S/C20H21F2NO2/c1-11(2)23-15-5-6-16(18(21)10-15)17-8-12(3)14(7-13(17)4)9-19(22)20(24)25/h5-11,23H,1-4H3,(H,24,25)/b19-9+. The number of rotatable bonds is 5. The summed E-state index contributed by atoms with van der Waals surface area (Å²) in [4.78, 5) is 10.6. The number of carboxylic acids is 1. The minimum absolute atomic E-state index is 0.199. The first kappa shape index (κ1) is 18.6. The van der Waals surface area contributed by atoms with E-state index in [-0.39, 0.29) is 11.9 Å². The van der Waals surface area contributed by atoms with Crippen molar-refractivity contribution in [3.63, 3.8) is 0 Å². The molecule has 0 aromatic heterocycles. The summed E-state index contributed by atoms with van der Waals surface area (Å²) in [6, 6.07) is 8.56. The molecular weight excluding hydrogens is 324 g/mol. The van der Waals surface area contributed by atoms with Gasteiger partial charge in [-0.3, -0.25) is 0 Å². The van der Waals surface area contributed by atoms with E-state index in [9.17, 15) is 13.6 Å². The maximum absolute atomic E-state index is 14.5. The molecule has 2 rings (SSSR count). The number of carbonyl (C=O) groups is 1. The number of nitrogens with one attached hydrogen (secondary N) is 1. The van der Waals surface area contributed by atoms with Gasteiger partial charge in [-0.15, -0.1) is 0 Å². The smallest absolute Gasteiger partial charge is 0.364 e. The number of hydrogen-bond acceptors (Lipinski definition) is 2. The van der Waals surface area contributed by atoms with Crippen molar-refractivity contribution in [1.29, 1.82) is 0 Å². The number of benzene rings is 2. The van der Waals surface area contributed by atoms with Crippen molar-refractivity contribution >= 4 is 17.7 Å². The Morgan fingerprint density at radius 2 is 1.80 bits per heavy atom. The lowest BCUT2D eigenvalue weighted by Crippen LogP contribution is -2.09. The summed E-state index contributed by atoms with van der Waals surface area (Å²) in [6.07, 6.45) is 0.973. The first-order chi connectivity index (χ1) is 11.7. The van der Waals surface area contributed by atoms with Gasteiger partial charge < -0.3 is 10.4 Å². The van der Waals surface area contributed by atoms with Crippen LogP contribution in [0.1, 0.15) is 30.5 Å². The Morgan fingerprint density at radius 3 is 2.36 bits per heavy atom. The zero-order valence-electron chi connectivity index (χ0n) is 14.7. The summed E-state index contributed by atoms with van der Waals surface area (Å²) in [5, 5.41) is 11.8. The third-order valence-electron chi connectivity index (χ3n) is 3.81. The van der Waals surface area contributed by atoms with Gasteiger partial charge in [-0.25, -0.2) is 9.18 Å². The highest BCUT2D eigenvalue weighted by Gasteiger charge is 2.13. The Hall–Kier alpha value is -2.69. The first-order valence-corrected chi connectivity index (χ1v) is 7.97. The molecule has 0 spiro atoms. The Balaban J connectivity index is 2.46. The van der Waals surface area contributed by atoms with Crippen LogP contribution in [0.25, 0.3) is 17.2 Å². The lowest BCUT2D eigenvalue weighted by molar-refractivity contribution is -0.134. The topological polar surface area (TPSA) is 49.3 Å². The normalized spacial score (nSPS) is 11.7. The van der Waals surface area contributed by atoms with Crippen LogP contribution in [0, 0.1) is 19.7 Å². The number of carboxylic acid groups (broad SMARTS) is 1. The van der Waals surface area contributed by atoms with Crippen molar-refractivity contribution in [1.82, 2.24) is 0 Å². The Kier molecular flexibility index (Phi) is 5.57. The number of halogens is 2. The van der Waals surface area contributed by atoms with Gasteiger partial charge in [-0.1, -0.05) is 12.1 Å². The second-order valence-electron chi connectivity index (χ2n) is 6.31. The maximum atomic E-state index is 14.5. The van der Waals surface area contributed by atoms with Crippen LogP contribution in [-0.2, 0) is 4.79 Å². The second kappa shape index (κ2) is 7.47. The second-order valence-corrected chi connectivity index (χ2v) is 6.31. The Labute approximate surface area is 146 Å². The van der Waals surface area contributed by atoms with E-state index in [1.807, 2.05) is 19.9 Å². The summed E-state index contributed by atoms with van der Waals surface area (Å²) in [6.45, 7) is 7.46. The molecule has 3 nitrogen and oxygen atoms in total. The Bertz CT molecular complexity index is 842. The van der Waals surface area contributed by atoms with Crippen LogP contribution in [0.3, 0.4) is 0 Å². The van der Waals surface area contributed by atoms with Crippen molar-refractivity contribution < 1.29 is 18.7 Å². The third-order valence-corrected chi connectivity index (χ3v) is 3.81. The molecule has 0 aliphatic heterocycles. The Morgan fingerprint density at radius 1 is 1.12 bits per heavy atom. The molecule has 0 aliphatic carbocycles. The van der Waals surface area contributed by atoms with Gasteiger partial charge in [-0.05, 0) is 74.2 Å². The van der Waals surface area contributed by atoms with Crippen LogP contribution in [-0.4, -0.2) is 17.1 Å². The average molecular weight is 345 g/mol. The monoisotopic (exact) mass is 345 g/mol. The van der Waals surface area contributed by atoms with Crippen LogP contribution in [0.5, 0.6) is 0 Å². The quantitative estimate of drug-likeness (QED) is 0.721. The molecule has 0 aliphatic rings. The van der Waals surface area contributed by atoms with Gasteiger partial charge in [0.1, 0.15) is 5.82 Å². The molecule has 5 heteroatoms. The van der Waals surface area contributed by atoms with Gasteiger partial charge in [0.25, 0.3) is 0 Å². The fraction of sp³-hybridized carbons (Fsp3) is 0.250. The predicted octanol–water partition coefficient (Wildman–Crippen LogP) is 5.32. The molecule has 132 valence electrons. The van der Waals surface area contributed by atoms with E-state index in [1.54, 1.807) is 32.0 Å². The summed E-state index contributed by atoms with van der Waals surface area (Å²) in [5.74, 6) is -3.20. The fourth-order valence-corrected chi connectivity index (χ4v) is 2.64. The van der Waals surface area contributed by atoms with Crippen LogP contribution in [0.15, 0.2) is 36.2 Å². The molecule has 25 heavy (non-hydrogen) atoms. The van der Waals surface area contributed by atoms with E-state index in [1.165, 1.54) is 6.07 Å². The lowest BCUT2D eigenvalue weighted by atomic mass is 9.94. The van der Waals surface area contributed by atoms with E-state index >= 15 is 0 Å². The molecule has 0 unspecified atom stereocenters. The van der Waals surface area contributed by atoms with Gasteiger partial charge in [0.05, 0.1) is 0 Å². The third kappa shape index (κ3) is 4.44. The highest BCUT2D eigenvalue weighted by molar-refractivity contribution is 5.90. The molecule has 0 saturated heterocycles. The van der Waals surface area contributed by atoms with Crippen LogP contribution < -0.4 is 5.32 Å². The van der Waals surface area contributed by atoms with E-state index in [0.717, 1.165) is 11.6 Å². The minimum atomic E-state index is -1.61. The molecule has 0 saturated carbocycles. The molecule has 0 amide bonds. The van der Waals surface area contributed by atoms with E-state index in [4.69, 9.17) is 5.11 Å². The molecular formula is C20H21F2NO2. The zero-order chi connectivity index (χ0) is 18.7.